The van der Waals surface area contributed by atoms with Crippen LogP contribution >= 0.6 is 0 Å². The molecule has 2 heteroatoms. The van der Waals surface area contributed by atoms with Crippen LogP contribution in [0, 0.1) is 5.41 Å². The van der Waals surface area contributed by atoms with Gasteiger partial charge in [-0.15, -0.1) is 6.58 Å². The van der Waals surface area contributed by atoms with Gasteiger partial charge in [0.05, 0.1) is 13.2 Å². The van der Waals surface area contributed by atoms with Gasteiger partial charge in [0.25, 0.3) is 0 Å². The Kier molecular flexibility index (Phi) is 2.68. The van der Waals surface area contributed by atoms with Gasteiger partial charge in [-0.05, 0) is 6.92 Å². The van der Waals surface area contributed by atoms with Crippen LogP contribution in [0.2, 0.25) is 0 Å². The Morgan fingerprint density at radius 2 is 2.36 bits per heavy atom. The van der Waals surface area contributed by atoms with Gasteiger partial charge in [-0.2, -0.15) is 0 Å². The molecule has 1 heterocycles. The average Bonchev–Trinajstić information content (AvgIpc) is 1.96. The summed E-state index contributed by atoms with van der Waals surface area (Å²) < 4.78 is 5.14. The van der Waals surface area contributed by atoms with Crippen LogP contribution in [-0.4, -0.2) is 25.8 Å². The quantitative estimate of drug-likeness (QED) is 0.616. The SMILES string of the molecule is C=CC(C)NCC1(C)COC1. The van der Waals surface area contributed by atoms with Gasteiger partial charge in [0.2, 0.25) is 0 Å². The van der Waals surface area contributed by atoms with Crippen LogP contribution in [0.15, 0.2) is 12.7 Å². The first kappa shape index (κ1) is 8.75. The second-order valence-corrected chi connectivity index (χ2v) is 3.71. The van der Waals surface area contributed by atoms with Gasteiger partial charge >= 0.3 is 0 Å². The Labute approximate surface area is 68.6 Å². The van der Waals surface area contributed by atoms with Crippen molar-refractivity contribution in [3.63, 3.8) is 0 Å². The summed E-state index contributed by atoms with van der Waals surface area (Å²) in [6.45, 7) is 10.9. The second-order valence-electron chi connectivity index (χ2n) is 3.71. The molecule has 0 aromatic carbocycles. The molecule has 0 spiro atoms. The fraction of sp³-hybridized carbons (Fsp3) is 0.778. The molecule has 0 bridgehead atoms. The van der Waals surface area contributed by atoms with Gasteiger partial charge in [-0.3, -0.25) is 0 Å². The van der Waals surface area contributed by atoms with E-state index in [1.807, 2.05) is 6.08 Å². The largest absolute Gasteiger partial charge is 0.380 e. The molecule has 0 amide bonds. The zero-order chi connectivity index (χ0) is 8.32. The molecule has 0 aromatic rings. The van der Waals surface area contributed by atoms with E-state index in [1.165, 1.54) is 0 Å². The minimum absolute atomic E-state index is 0.372. The van der Waals surface area contributed by atoms with Gasteiger partial charge < -0.3 is 10.1 Å². The molecule has 1 unspecified atom stereocenters. The van der Waals surface area contributed by atoms with Crippen LogP contribution in [0.4, 0.5) is 0 Å². The summed E-state index contributed by atoms with van der Waals surface area (Å²) in [6.07, 6.45) is 1.92. The standard InChI is InChI=1S/C9H17NO/c1-4-8(2)10-5-9(3)6-11-7-9/h4,8,10H,1,5-7H2,2-3H3. The first-order valence-electron chi connectivity index (χ1n) is 4.10. The first-order valence-corrected chi connectivity index (χ1v) is 4.10. The molecule has 1 aliphatic heterocycles. The highest BCUT2D eigenvalue weighted by Crippen LogP contribution is 2.25. The van der Waals surface area contributed by atoms with E-state index in [1.54, 1.807) is 0 Å². The van der Waals surface area contributed by atoms with Crippen molar-refractivity contribution in [3.05, 3.63) is 12.7 Å². The molecule has 1 rings (SSSR count). The molecular weight excluding hydrogens is 138 g/mol. The van der Waals surface area contributed by atoms with Crippen LogP contribution in [0.25, 0.3) is 0 Å². The van der Waals surface area contributed by atoms with E-state index in [2.05, 4.69) is 25.7 Å². The minimum Gasteiger partial charge on any atom is -0.380 e. The van der Waals surface area contributed by atoms with Gasteiger partial charge in [0.1, 0.15) is 0 Å². The van der Waals surface area contributed by atoms with Crippen molar-refractivity contribution in [1.82, 2.24) is 5.32 Å². The lowest BCUT2D eigenvalue weighted by Crippen LogP contribution is -2.48. The lowest BCUT2D eigenvalue weighted by molar-refractivity contribution is -0.0994. The highest BCUT2D eigenvalue weighted by Gasteiger charge is 2.32. The van der Waals surface area contributed by atoms with Crippen molar-refractivity contribution >= 4 is 0 Å². The Balaban J connectivity index is 2.15. The fourth-order valence-electron chi connectivity index (χ4n) is 1.04. The summed E-state index contributed by atoms with van der Waals surface area (Å²) in [7, 11) is 0. The molecule has 1 atom stereocenters. The molecule has 0 aromatic heterocycles. The number of hydrogen-bond donors (Lipinski definition) is 1. The molecular formula is C9H17NO. The van der Waals surface area contributed by atoms with E-state index in [0.717, 1.165) is 19.8 Å². The number of hydrogen-bond acceptors (Lipinski definition) is 2. The smallest absolute Gasteiger partial charge is 0.0554 e. The van der Waals surface area contributed by atoms with Crippen molar-refractivity contribution in [2.45, 2.75) is 19.9 Å². The third-order valence-electron chi connectivity index (χ3n) is 2.11. The maximum atomic E-state index is 5.14. The summed E-state index contributed by atoms with van der Waals surface area (Å²) in [5.41, 5.74) is 0.372. The zero-order valence-electron chi connectivity index (χ0n) is 7.39. The lowest BCUT2D eigenvalue weighted by Gasteiger charge is -2.38. The van der Waals surface area contributed by atoms with E-state index in [0.29, 0.717) is 11.5 Å². The summed E-state index contributed by atoms with van der Waals surface area (Å²) in [6, 6.07) is 0.410. The summed E-state index contributed by atoms with van der Waals surface area (Å²) in [5.74, 6) is 0. The lowest BCUT2D eigenvalue weighted by atomic mass is 9.88. The second kappa shape index (κ2) is 3.37. The number of ether oxygens (including phenoxy) is 1. The Morgan fingerprint density at radius 1 is 1.73 bits per heavy atom. The van der Waals surface area contributed by atoms with E-state index in [9.17, 15) is 0 Å². The monoisotopic (exact) mass is 155 g/mol. The molecule has 1 fully saturated rings. The molecule has 0 radical (unpaired) electrons. The number of rotatable bonds is 4. The maximum absolute atomic E-state index is 5.14. The van der Waals surface area contributed by atoms with E-state index < -0.39 is 0 Å². The minimum atomic E-state index is 0.372. The van der Waals surface area contributed by atoms with E-state index >= 15 is 0 Å². The first-order chi connectivity index (χ1) is 5.16. The Morgan fingerprint density at radius 3 is 2.73 bits per heavy atom. The van der Waals surface area contributed by atoms with Crippen molar-refractivity contribution in [2.75, 3.05) is 19.8 Å². The molecule has 0 saturated carbocycles. The molecule has 64 valence electrons. The third-order valence-corrected chi connectivity index (χ3v) is 2.11. The van der Waals surface area contributed by atoms with E-state index in [4.69, 9.17) is 4.74 Å². The predicted molar refractivity (Wildman–Crippen MR) is 46.6 cm³/mol. The van der Waals surface area contributed by atoms with Crippen LogP contribution in [0.5, 0.6) is 0 Å². The maximum Gasteiger partial charge on any atom is 0.0554 e. The van der Waals surface area contributed by atoms with Gasteiger partial charge in [0.15, 0.2) is 0 Å². The molecule has 1 saturated heterocycles. The van der Waals surface area contributed by atoms with Crippen molar-refractivity contribution in [3.8, 4) is 0 Å². The Hall–Kier alpha value is -0.340. The van der Waals surface area contributed by atoms with Gasteiger partial charge in [0, 0.05) is 18.0 Å². The van der Waals surface area contributed by atoms with Crippen LogP contribution < -0.4 is 5.32 Å². The topological polar surface area (TPSA) is 21.3 Å². The Bertz CT molecular complexity index is 140. The van der Waals surface area contributed by atoms with Crippen LogP contribution in [0.1, 0.15) is 13.8 Å². The number of nitrogens with one attached hydrogen (secondary N) is 1. The normalized spacial score (nSPS) is 23.8. The van der Waals surface area contributed by atoms with Crippen molar-refractivity contribution < 1.29 is 4.74 Å². The fourth-order valence-corrected chi connectivity index (χ4v) is 1.04. The summed E-state index contributed by atoms with van der Waals surface area (Å²) in [4.78, 5) is 0. The summed E-state index contributed by atoms with van der Waals surface area (Å²) in [5, 5.41) is 3.38. The summed E-state index contributed by atoms with van der Waals surface area (Å²) >= 11 is 0. The van der Waals surface area contributed by atoms with Gasteiger partial charge in [-0.1, -0.05) is 13.0 Å². The van der Waals surface area contributed by atoms with Crippen molar-refractivity contribution in [2.24, 2.45) is 5.41 Å². The van der Waals surface area contributed by atoms with E-state index in [-0.39, 0.29) is 0 Å². The predicted octanol–water partition coefficient (Wildman–Crippen LogP) is 1.19. The zero-order valence-corrected chi connectivity index (χ0v) is 7.39. The molecule has 0 aliphatic carbocycles. The highest BCUT2D eigenvalue weighted by molar-refractivity contribution is 4.88. The van der Waals surface area contributed by atoms with Crippen molar-refractivity contribution in [1.29, 1.82) is 0 Å². The van der Waals surface area contributed by atoms with Gasteiger partial charge in [-0.25, -0.2) is 0 Å². The molecule has 11 heavy (non-hydrogen) atoms. The highest BCUT2D eigenvalue weighted by atomic mass is 16.5. The molecule has 2 nitrogen and oxygen atoms in total. The van der Waals surface area contributed by atoms with Crippen LogP contribution in [0.3, 0.4) is 0 Å². The molecule has 1 N–H and O–H groups in total. The third kappa shape index (κ3) is 2.31. The average molecular weight is 155 g/mol. The molecule has 1 aliphatic rings. The van der Waals surface area contributed by atoms with Crippen LogP contribution in [-0.2, 0) is 4.74 Å².